The Morgan fingerprint density at radius 2 is 1.40 bits per heavy atom. The summed E-state index contributed by atoms with van der Waals surface area (Å²) in [6.07, 6.45) is 0. The van der Waals surface area contributed by atoms with E-state index in [0.29, 0.717) is 38.6 Å². The molecule has 202 valence electrons. The van der Waals surface area contributed by atoms with Gasteiger partial charge in [-0.05, 0) is 70.2 Å². The number of hydrogen-bond donors (Lipinski definition) is 0. The Hall–Kier alpha value is -5.67. The Morgan fingerprint density at radius 1 is 0.651 bits per heavy atom. The number of aromatic nitrogens is 2. The van der Waals surface area contributed by atoms with Gasteiger partial charge in [0.25, 0.3) is 0 Å². The highest BCUT2D eigenvalue weighted by Crippen LogP contribution is 2.46. The third-order valence-electron chi connectivity index (χ3n) is 8.24. The van der Waals surface area contributed by atoms with Gasteiger partial charge in [0, 0.05) is 25.7 Å². The highest BCUT2D eigenvalue weighted by molar-refractivity contribution is 6.24. The van der Waals surface area contributed by atoms with E-state index in [-0.39, 0.29) is 23.5 Å². The molecule has 3 heteroatoms. The predicted molar refractivity (Wildman–Crippen MR) is 179 cm³/mol. The van der Waals surface area contributed by atoms with Crippen LogP contribution in [0.25, 0.3) is 82.5 Å². The number of aryl methyl sites for hydroxylation is 1. The van der Waals surface area contributed by atoms with Crippen LogP contribution >= 0.6 is 0 Å². The van der Waals surface area contributed by atoms with Crippen molar-refractivity contribution in [3.8, 4) is 27.9 Å². The van der Waals surface area contributed by atoms with Gasteiger partial charge in [-0.3, -0.25) is 4.57 Å². The molecule has 0 saturated heterocycles. The highest BCUT2D eigenvalue weighted by atomic mass is 16.3. The minimum atomic E-state index is -2.56. The first-order valence-corrected chi connectivity index (χ1v) is 14.0. The monoisotopic (exact) mass is 558 g/mol. The van der Waals surface area contributed by atoms with E-state index in [9.17, 15) is 0 Å². The van der Waals surface area contributed by atoms with E-state index in [0.717, 1.165) is 38.3 Å². The van der Waals surface area contributed by atoms with Crippen molar-refractivity contribution in [3.63, 3.8) is 0 Å². The van der Waals surface area contributed by atoms with Crippen LogP contribution in [0.1, 0.15) is 16.8 Å². The molecule has 43 heavy (non-hydrogen) atoms. The fraction of sp³-hybridized carbons (Fsp3) is 0.0250. The molecule has 0 aliphatic carbocycles. The zero-order valence-electron chi connectivity index (χ0n) is 30.7. The Bertz CT molecular complexity index is 2890. The molecule has 0 unspecified atom stereocenters. The van der Waals surface area contributed by atoms with Gasteiger partial charge in [0.15, 0.2) is 0 Å². The van der Waals surface area contributed by atoms with E-state index in [1.807, 2.05) is 97.1 Å². The maximum Gasteiger partial charge on any atom is 0.136 e. The van der Waals surface area contributed by atoms with Gasteiger partial charge in [0.1, 0.15) is 17.0 Å². The van der Waals surface area contributed by atoms with Crippen LogP contribution in [0.4, 0.5) is 0 Å². The van der Waals surface area contributed by atoms with Crippen LogP contribution in [0.2, 0.25) is 0 Å². The number of fused-ring (bicyclic) bond motifs is 6. The lowest BCUT2D eigenvalue weighted by molar-refractivity contribution is 0.669. The molecular weight excluding hydrogens is 524 g/mol. The quantitative estimate of drug-likeness (QED) is 0.202. The molecule has 0 radical (unpaired) electrons. The van der Waals surface area contributed by atoms with Gasteiger partial charge in [-0.15, -0.1) is 0 Å². The van der Waals surface area contributed by atoms with Crippen LogP contribution < -0.4 is 0 Å². The molecule has 7 aromatic carbocycles. The smallest absolute Gasteiger partial charge is 0.136 e. The number of furan rings is 1. The van der Waals surface area contributed by atoms with Gasteiger partial charge in [0.2, 0.25) is 0 Å². The summed E-state index contributed by atoms with van der Waals surface area (Å²) < 4.78 is 76.2. The summed E-state index contributed by atoms with van der Waals surface area (Å²) in [5, 5.41) is 4.82. The summed E-state index contributed by atoms with van der Waals surface area (Å²) >= 11 is 0. The molecule has 2 heterocycles. The van der Waals surface area contributed by atoms with Crippen molar-refractivity contribution in [2.24, 2.45) is 0 Å². The Kier molecular flexibility index (Phi) is 3.69. The Balaban J connectivity index is 1.52. The lowest BCUT2D eigenvalue weighted by Gasteiger charge is -2.20. The van der Waals surface area contributed by atoms with Gasteiger partial charge in [-0.1, -0.05) is 109 Å². The largest absolute Gasteiger partial charge is 0.456 e. The molecular formula is C40H26N2O. The van der Waals surface area contributed by atoms with Gasteiger partial charge in [-0.25, -0.2) is 4.98 Å². The summed E-state index contributed by atoms with van der Waals surface area (Å²) in [6.45, 7) is -2.56. The number of nitrogens with zero attached hydrogens (tertiary/aromatic N) is 2. The number of para-hydroxylation sites is 3. The average Bonchev–Trinajstić information content (AvgIpc) is 3.72. The molecule has 9 aromatic rings. The van der Waals surface area contributed by atoms with Gasteiger partial charge in [-0.2, -0.15) is 0 Å². The molecule has 3 nitrogen and oxygen atoms in total. The normalized spacial score (nSPS) is 14.8. The molecule has 0 bridgehead atoms. The Morgan fingerprint density at radius 3 is 2.28 bits per heavy atom. The number of rotatable bonds is 3. The zero-order valence-corrected chi connectivity index (χ0v) is 22.7. The molecule has 0 aliphatic heterocycles. The third-order valence-corrected chi connectivity index (χ3v) is 8.24. The van der Waals surface area contributed by atoms with E-state index in [4.69, 9.17) is 15.4 Å². The maximum atomic E-state index is 8.79. The van der Waals surface area contributed by atoms with Crippen LogP contribution in [0.5, 0.6) is 0 Å². The Labute approximate surface area is 259 Å². The minimum absolute atomic E-state index is 0.0757. The van der Waals surface area contributed by atoms with Crippen LogP contribution in [-0.4, -0.2) is 9.55 Å². The number of hydrogen-bond acceptors (Lipinski definition) is 2. The van der Waals surface area contributed by atoms with Crippen molar-refractivity contribution in [2.45, 2.75) is 6.85 Å². The first-order chi connectivity index (χ1) is 24.5. The van der Waals surface area contributed by atoms with E-state index < -0.39 is 25.0 Å². The summed E-state index contributed by atoms with van der Waals surface area (Å²) in [6, 6.07) is 32.4. The van der Waals surface area contributed by atoms with E-state index in [1.54, 1.807) is 16.7 Å². The summed E-state index contributed by atoms with van der Waals surface area (Å²) in [7, 11) is 0. The molecule has 9 rings (SSSR count). The first-order valence-electron chi connectivity index (χ1n) is 18.0. The number of imidazole rings is 1. The molecule has 0 fully saturated rings. The molecule has 0 spiro atoms. The molecule has 0 N–H and O–H groups in total. The maximum absolute atomic E-state index is 8.79. The highest BCUT2D eigenvalue weighted by Gasteiger charge is 2.22. The predicted octanol–water partition coefficient (Wildman–Crippen LogP) is 10.9. The van der Waals surface area contributed by atoms with Crippen molar-refractivity contribution in [1.29, 1.82) is 0 Å². The van der Waals surface area contributed by atoms with Crippen LogP contribution in [-0.2, 0) is 0 Å². The van der Waals surface area contributed by atoms with Crippen LogP contribution in [0.3, 0.4) is 0 Å². The van der Waals surface area contributed by atoms with Gasteiger partial charge in [0.05, 0.1) is 23.6 Å². The summed E-state index contributed by atoms with van der Waals surface area (Å²) in [5.41, 5.74) is 5.41. The summed E-state index contributed by atoms with van der Waals surface area (Å²) in [5.74, 6) is -0.0828. The fourth-order valence-corrected chi connectivity index (χ4v) is 6.47. The van der Waals surface area contributed by atoms with Crippen molar-refractivity contribution in [3.05, 3.63) is 145 Å². The molecule has 2 aromatic heterocycles. The third kappa shape index (κ3) is 3.52. The second kappa shape index (κ2) is 9.17. The first kappa shape index (κ1) is 17.3. The van der Waals surface area contributed by atoms with Crippen molar-refractivity contribution in [2.75, 3.05) is 0 Å². The van der Waals surface area contributed by atoms with Crippen LogP contribution in [0.15, 0.2) is 144 Å². The molecule has 0 atom stereocenters. The minimum Gasteiger partial charge on any atom is -0.456 e. The second-order valence-corrected chi connectivity index (χ2v) is 10.6. The lowest BCUT2D eigenvalue weighted by atomic mass is 9.87. The second-order valence-electron chi connectivity index (χ2n) is 10.6. The van der Waals surface area contributed by atoms with E-state index in [2.05, 4.69) is 4.98 Å². The fourth-order valence-electron chi connectivity index (χ4n) is 6.47. The van der Waals surface area contributed by atoms with E-state index >= 15 is 0 Å². The molecule has 0 saturated carbocycles. The lowest BCUT2D eigenvalue weighted by Crippen LogP contribution is -2.01. The van der Waals surface area contributed by atoms with Crippen molar-refractivity contribution < 1.29 is 15.4 Å². The molecule has 0 amide bonds. The van der Waals surface area contributed by atoms with E-state index in [1.165, 1.54) is 0 Å². The van der Waals surface area contributed by atoms with Crippen molar-refractivity contribution >= 4 is 54.5 Å². The zero-order chi connectivity index (χ0) is 35.3. The van der Waals surface area contributed by atoms with Gasteiger partial charge < -0.3 is 4.42 Å². The van der Waals surface area contributed by atoms with Crippen LogP contribution in [0, 0.1) is 6.85 Å². The van der Waals surface area contributed by atoms with Gasteiger partial charge >= 0.3 is 0 Å². The summed E-state index contributed by atoms with van der Waals surface area (Å²) in [4.78, 5) is 4.62. The standard InChI is InChI=1S/C40H26N2O/c1-25-41-34-18-8-9-19-35(34)42(25)40-29-15-6-5-14-28(29)38(33-24-27(22-23-30(33)40)26-12-3-2-4-13-26)32-17-11-21-37-39(32)31-16-7-10-20-36(31)43-37/h2-24H,1H3/i1D3,2D,3D,4D,12D,13D. The molecule has 0 aliphatic rings. The SMILES string of the molecule is [2H]c1c([2H])c([2H])c(-c2ccc3c(-n4c(C([2H])([2H])[2H])nc5ccccc54)c4ccccc4c(-c4cccc5oc6ccccc6c45)c3c2)c([2H])c1[2H]. The number of benzene rings is 7. The topological polar surface area (TPSA) is 31.0 Å². The van der Waals surface area contributed by atoms with Crippen molar-refractivity contribution in [1.82, 2.24) is 9.55 Å². The average molecular weight is 559 g/mol.